The molecule has 30 heavy (non-hydrogen) atoms. The van der Waals surface area contributed by atoms with Gasteiger partial charge in [0.2, 0.25) is 5.91 Å². The number of carbonyl (C=O) groups excluding carboxylic acids is 1. The molecule has 0 saturated carbocycles. The summed E-state index contributed by atoms with van der Waals surface area (Å²) in [5.74, 6) is 0.529. The maximum absolute atomic E-state index is 12.6. The SMILES string of the molecule is Cc1cc(C)n(CCCC(=O)N2CCC(c3cc4nc(C)c(C)c(=O)n4[nH]3)CC2)n1. The molecule has 1 aliphatic rings. The van der Waals surface area contributed by atoms with Crippen molar-refractivity contribution in [3.8, 4) is 0 Å². The molecule has 8 nitrogen and oxygen atoms in total. The summed E-state index contributed by atoms with van der Waals surface area (Å²) in [6.45, 7) is 9.97. The van der Waals surface area contributed by atoms with Crippen molar-refractivity contribution < 1.29 is 4.79 Å². The molecule has 0 aromatic carbocycles. The van der Waals surface area contributed by atoms with Crippen molar-refractivity contribution in [2.24, 2.45) is 0 Å². The topological polar surface area (TPSA) is 88.3 Å². The van der Waals surface area contributed by atoms with Crippen molar-refractivity contribution in [2.45, 2.75) is 65.8 Å². The van der Waals surface area contributed by atoms with E-state index in [4.69, 9.17) is 0 Å². The van der Waals surface area contributed by atoms with Crippen LogP contribution < -0.4 is 5.56 Å². The van der Waals surface area contributed by atoms with E-state index in [2.05, 4.69) is 21.2 Å². The molecule has 4 rings (SSSR count). The summed E-state index contributed by atoms with van der Waals surface area (Å²) in [5.41, 5.74) is 5.24. The van der Waals surface area contributed by atoms with Gasteiger partial charge in [-0.05, 0) is 53.0 Å². The van der Waals surface area contributed by atoms with Gasteiger partial charge in [-0.2, -0.15) is 5.10 Å². The number of nitrogens with zero attached hydrogens (tertiary/aromatic N) is 5. The van der Waals surface area contributed by atoms with E-state index in [1.54, 1.807) is 6.92 Å². The molecule has 1 fully saturated rings. The molecule has 0 spiro atoms. The molecule has 0 atom stereocenters. The predicted octanol–water partition coefficient (Wildman–Crippen LogP) is 2.64. The molecule has 4 heterocycles. The van der Waals surface area contributed by atoms with Crippen molar-refractivity contribution in [3.63, 3.8) is 0 Å². The van der Waals surface area contributed by atoms with Crippen molar-refractivity contribution in [1.29, 1.82) is 0 Å². The number of fused-ring (bicyclic) bond motifs is 1. The zero-order chi connectivity index (χ0) is 21.4. The summed E-state index contributed by atoms with van der Waals surface area (Å²) in [5, 5.41) is 7.69. The second-order valence-electron chi connectivity index (χ2n) is 8.44. The molecule has 1 N–H and O–H groups in total. The zero-order valence-electron chi connectivity index (χ0n) is 18.2. The lowest BCUT2D eigenvalue weighted by molar-refractivity contribution is -0.132. The Kier molecular flexibility index (Phi) is 5.49. The van der Waals surface area contributed by atoms with Gasteiger partial charge < -0.3 is 4.90 Å². The monoisotopic (exact) mass is 410 g/mol. The summed E-state index contributed by atoms with van der Waals surface area (Å²) in [7, 11) is 0. The number of hydrogen-bond donors (Lipinski definition) is 1. The van der Waals surface area contributed by atoms with Crippen LogP contribution in [-0.2, 0) is 11.3 Å². The molecule has 0 bridgehead atoms. The standard InChI is InChI=1S/C22H30N6O2/c1-14-12-15(2)27(24-14)9-5-6-21(29)26-10-7-18(8-11-26)19-13-20-23-17(4)16(3)22(30)28(20)25-19/h12-13,18,25H,5-11H2,1-4H3. The summed E-state index contributed by atoms with van der Waals surface area (Å²) in [6, 6.07) is 4.03. The van der Waals surface area contributed by atoms with Crippen LogP contribution >= 0.6 is 0 Å². The first-order valence-electron chi connectivity index (χ1n) is 10.7. The molecule has 160 valence electrons. The van der Waals surface area contributed by atoms with Crippen LogP contribution in [0.5, 0.6) is 0 Å². The van der Waals surface area contributed by atoms with E-state index < -0.39 is 0 Å². The number of likely N-dealkylation sites (tertiary alicyclic amines) is 1. The number of hydrogen-bond acceptors (Lipinski definition) is 4. The molecule has 3 aromatic heterocycles. The van der Waals surface area contributed by atoms with Gasteiger partial charge >= 0.3 is 0 Å². The van der Waals surface area contributed by atoms with Gasteiger partial charge in [0.15, 0.2) is 5.65 Å². The first kappa shape index (κ1) is 20.4. The van der Waals surface area contributed by atoms with E-state index in [-0.39, 0.29) is 11.5 Å². The molecule has 3 aromatic rings. The minimum atomic E-state index is -0.0426. The highest BCUT2D eigenvalue weighted by Gasteiger charge is 2.25. The van der Waals surface area contributed by atoms with E-state index in [0.29, 0.717) is 23.5 Å². The largest absolute Gasteiger partial charge is 0.343 e. The first-order valence-corrected chi connectivity index (χ1v) is 10.7. The fourth-order valence-corrected chi connectivity index (χ4v) is 4.33. The van der Waals surface area contributed by atoms with Crippen LogP contribution in [0.3, 0.4) is 0 Å². The third-order valence-electron chi connectivity index (χ3n) is 6.25. The van der Waals surface area contributed by atoms with Crippen LogP contribution in [-0.4, -0.2) is 48.3 Å². The molecule has 0 unspecified atom stereocenters. The average Bonchev–Trinajstić information content (AvgIpc) is 3.29. The quantitative estimate of drug-likeness (QED) is 0.700. The Morgan fingerprint density at radius 1 is 1.17 bits per heavy atom. The Bertz CT molecular complexity index is 1130. The zero-order valence-corrected chi connectivity index (χ0v) is 18.2. The number of H-pyrrole nitrogens is 1. The van der Waals surface area contributed by atoms with E-state index >= 15 is 0 Å². The van der Waals surface area contributed by atoms with E-state index in [9.17, 15) is 9.59 Å². The van der Waals surface area contributed by atoms with Crippen LogP contribution in [0.1, 0.15) is 59.9 Å². The van der Waals surface area contributed by atoms with Gasteiger partial charge in [-0.3, -0.25) is 19.4 Å². The Labute approximate surface area is 175 Å². The highest BCUT2D eigenvalue weighted by atomic mass is 16.2. The number of piperidine rings is 1. The molecule has 0 aliphatic carbocycles. The van der Waals surface area contributed by atoms with Crippen LogP contribution in [0.25, 0.3) is 5.65 Å². The maximum atomic E-state index is 12.6. The van der Waals surface area contributed by atoms with Gasteiger partial charge in [-0.25, -0.2) is 9.50 Å². The lowest BCUT2D eigenvalue weighted by Crippen LogP contribution is -2.38. The molecule has 1 amide bonds. The van der Waals surface area contributed by atoms with Crippen LogP contribution in [0.15, 0.2) is 16.9 Å². The number of aromatic nitrogens is 5. The lowest BCUT2D eigenvalue weighted by atomic mass is 9.93. The Morgan fingerprint density at radius 2 is 1.90 bits per heavy atom. The fourth-order valence-electron chi connectivity index (χ4n) is 4.33. The molecule has 0 radical (unpaired) electrons. The number of aryl methyl sites for hydroxylation is 4. The predicted molar refractivity (Wildman–Crippen MR) is 115 cm³/mol. The maximum Gasteiger partial charge on any atom is 0.275 e. The first-order chi connectivity index (χ1) is 14.3. The summed E-state index contributed by atoms with van der Waals surface area (Å²) in [4.78, 5) is 31.6. The minimum absolute atomic E-state index is 0.0426. The number of carbonyl (C=O) groups is 1. The van der Waals surface area contributed by atoms with E-state index in [1.165, 1.54) is 4.52 Å². The summed E-state index contributed by atoms with van der Waals surface area (Å²) >= 11 is 0. The minimum Gasteiger partial charge on any atom is -0.343 e. The van der Waals surface area contributed by atoms with E-state index in [1.807, 2.05) is 36.4 Å². The van der Waals surface area contributed by atoms with Crippen LogP contribution in [0.2, 0.25) is 0 Å². The molecular formula is C22H30N6O2. The number of nitrogens with one attached hydrogen (secondary N) is 1. The highest BCUT2D eigenvalue weighted by Crippen LogP contribution is 2.28. The van der Waals surface area contributed by atoms with Gasteiger partial charge in [-0.1, -0.05) is 0 Å². The normalized spacial score (nSPS) is 15.3. The van der Waals surface area contributed by atoms with Crippen molar-refractivity contribution in [1.82, 2.24) is 29.3 Å². The molecule has 1 aliphatic heterocycles. The van der Waals surface area contributed by atoms with Gasteiger partial charge in [0.05, 0.1) is 5.69 Å². The van der Waals surface area contributed by atoms with Crippen molar-refractivity contribution in [2.75, 3.05) is 13.1 Å². The smallest absolute Gasteiger partial charge is 0.275 e. The van der Waals surface area contributed by atoms with Gasteiger partial charge in [-0.15, -0.1) is 0 Å². The second-order valence-corrected chi connectivity index (χ2v) is 8.44. The van der Waals surface area contributed by atoms with E-state index in [0.717, 1.165) is 61.7 Å². The lowest BCUT2D eigenvalue weighted by Gasteiger charge is -2.31. The fraction of sp³-hybridized carbons (Fsp3) is 0.545. The Morgan fingerprint density at radius 3 is 2.57 bits per heavy atom. The third kappa shape index (κ3) is 3.91. The van der Waals surface area contributed by atoms with Gasteiger partial charge in [0.25, 0.3) is 5.56 Å². The Balaban J connectivity index is 1.33. The third-order valence-corrected chi connectivity index (χ3v) is 6.25. The summed E-state index contributed by atoms with van der Waals surface area (Å²) < 4.78 is 3.51. The molecule has 1 saturated heterocycles. The molecule has 8 heteroatoms. The van der Waals surface area contributed by atoms with Crippen molar-refractivity contribution >= 4 is 11.6 Å². The van der Waals surface area contributed by atoms with Gasteiger partial charge in [0, 0.05) is 60.7 Å². The molecular weight excluding hydrogens is 380 g/mol. The Hall–Kier alpha value is -2.90. The second kappa shape index (κ2) is 8.08. The number of rotatable bonds is 5. The highest BCUT2D eigenvalue weighted by molar-refractivity contribution is 5.76. The average molecular weight is 411 g/mol. The number of aromatic amines is 1. The number of amides is 1. The van der Waals surface area contributed by atoms with Crippen LogP contribution in [0.4, 0.5) is 0 Å². The van der Waals surface area contributed by atoms with Crippen molar-refractivity contribution in [3.05, 3.63) is 50.8 Å². The van der Waals surface area contributed by atoms with Gasteiger partial charge in [0.1, 0.15) is 0 Å². The van der Waals surface area contributed by atoms with Crippen LogP contribution in [0, 0.1) is 27.7 Å². The summed E-state index contributed by atoms with van der Waals surface area (Å²) in [6.07, 6.45) is 3.13.